The molecule has 2 aromatic carbocycles. The molecule has 128 valence electrons. The van der Waals surface area contributed by atoms with E-state index in [2.05, 4.69) is 10.4 Å². The van der Waals surface area contributed by atoms with Crippen molar-refractivity contribution in [3.63, 3.8) is 0 Å². The number of aromatic hydroxyl groups is 2. The maximum Gasteiger partial charge on any atom is 0.339 e. The maximum atomic E-state index is 10.9. The number of anilines is 1. The van der Waals surface area contributed by atoms with Gasteiger partial charge in [0.2, 0.25) is 0 Å². The Morgan fingerprint density at radius 3 is 2.64 bits per heavy atom. The summed E-state index contributed by atoms with van der Waals surface area (Å²) < 4.78 is 6.74. The van der Waals surface area contributed by atoms with E-state index in [1.165, 1.54) is 28.9 Å². The number of carboxylic acid groups (broad SMARTS) is 1. The molecule has 0 radical (unpaired) electrons. The van der Waals surface area contributed by atoms with Gasteiger partial charge in [-0.3, -0.25) is 0 Å². The van der Waals surface area contributed by atoms with Crippen molar-refractivity contribution < 1.29 is 24.5 Å². The summed E-state index contributed by atoms with van der Waals surface area (Å²) in [7, 11) is 0. The van der Waals surface area contributed by atoms with Gasteiger partial charge in [0.1, 0.15) is 23.7 Å². The molecule has 25 heavy (non-hydrogen) atoms. The van der Waals surface area contributed by atoms with Crippen molar-refractivity contribution in [3.8, 4) is 23.0 Å². The van der Waals surface area contributed by atoms with Crippen LogP contribution in [0, 0.1) is 4.84 Å². The number of carboxylic acids is 1. The summed E-state index contributed by atoms with van der Waals surface area (Å²) in [6, 6.07) is 10.7. The molecule has 4 N–H and O–H groups in total. The first-order valence-corrected chi connectivity index (χ1v) is 7.53. The smallest absolute Gasteiger partial charge is 0.339 e. The lowest BCUT2D eigenvalue weighted by molar-refractivity contribution is 0.0694. The monoisotopic (exact) mass is 359 g/mol. The van der Waals surface area contributed by atoms with Crippen LogP contribution in [0.4, 0.5) is 5.69 Å². The van der Waals surface area contributed by atoms with Crippen LogP contribution in [0.15, 0.2) is 46.9 Å². The van der Waals surface area contributed by atoms with Crippen LogP contribution in [-0.4, -0.2) is 31.1 Å². The molecule has 3 aromatic rings. The highest BCUT2D eigenvalue weighted by atomic mass is 32.1. The predicted octanol–water partition coefficient (Wildman–Crippen LogP) is 3.05. The van der Waals surface area contributed by atoms with Gasteiger partial charge < -0.3 is 25.1 Å². The van der Waals surface area contributed by atoms with Crippen molar-refractivity contribution in [2.45, 2.75) is 6.67 Å². The zero-order valence-corrected chi connectivity index (χ0v) is 13.5. The minimum atomic E-state index is -1.21. The van der Waals surface area contributed by atoms with Crippen LogP contribution in [0.3, 0.4) is 0 Å². The summed E-state index contributed by atoms with van der Waals surface area (Å²) in [4.78, 5) is 11.0. The summed E-state index contributed by atoms with van der Waals surface area (Å²) in [5, 5.41) is 35.6. The number of aromatic carboxylic acids is 1. The molecule has 3 rings (SSSR count). The zero-order chi connectivity index (χ0) is 18.0. The lowest BCUT2D eigenvalue weighted by Crippen LogP contribution is -2.10. The number of carbonyl (C=O) groups is 1. The largest absolute Gasteiger partial charge is 0.507 e. The molecule has 0 aliphatic rings. The van der Waals surface area contributed by atoms with Gasteiger partial charge in [-0.15, -0.1) is 5.10 Å². The fraction of sp³-hybridized carbons (Fsp3) is 0.0625. The van der Waals surface area contributed by atoms with Crippen LogP contribution in [-0.2, 0) is 6.67 Å². The highest BCUT2D eigenvalue weighted by Gasteiger charge is 2.13. The zero-order valence-electron chi connectivity index (χ0n) is 12.7. The Labute approximate surface area is 146 Å². The van der Waals surface area contributed by atoms with E-state index in [1.54, 1.807) is 18.2 Å². The van der Waals surface area contributed by atoms with E-state index >= 15 is 0 Å². The van der Waals surface area contributed by atoms with Crippen LogP contribution < -0.4 is 5.32 Å². The molecular weight excluding hydrogens is 346 g/mol. The van der Waals surface area contributed by atoms with Gasteiger partial charge in [-0.05, 0) is 36.5 Å². The molecule has 0 fully saturated rings. The van der Waals surface area contributed by atoms with Crippen molar-refractivity contribution in [3.05, 3.63) is 52.9 Å². The third-order valence-corrected chi connectivity index (χ3v) is 3.70. The number of hydrogen-bond donors (Lipinski definition) is 4. The minimum Gasteiger partial charge on any atom is -0.507 e. The first-order chi connectivity index (χ1) is 12.0. The minimum absolute atomic E-state index is 0.0213. The van der Waals surface area contributed by atoms with Crippen molar-refractivity contribution in [1.82, 2.24) is 9.78 Å². The number of hydrogen-bond acceptors (Lipinski definition) is 7. The number of rotatable bonds is 5. The van der Waals surface area contributed by atoms with Crippen LogP contribution in [0.5, 0.6) is 11.5 Å². The Bertz CT molecular complexity index is 995. The predicted molar refractivity (Wildman–Crippen MR) is 91.1 cm³/mol. The molecule has 8 nitrogen and oxygen atoms in total. The fourth-order valence-corrected chi connectivity index (χ4v) is 2.34. The van der Waals surface area contributed by atoms with E-state index in [0.29, 0.717) is 11.3 Å². The van der Waals surface area contributed by atoms with Crippen LogP contribution in [0.1, 0.15) is 10.4 Å². The number of phenols is 2. The summed E-state index contributed by atoms with van der Waals surface area (Å²) in [5.41, 5.74) is 0.706. The number of nitrogens with zero attached hydrogens (tertiary/aromatic N) is 2. The molecule has 0 aliphatic carbocycles. The number of para-hydroxylation sites is 1. The Morgan fingerprint density at radius 2 is 1.96 bits per heavy atom. The molecule has 0 saturated carbocycles. The molecule has 1 heterocycles. The number of phenolic OH excluding ortho intramolecular Hbond substituents is 1. The fourth-order valence-electron chi connectivity index (χ4n) is 2.16. The summed E-state index contributed by atoms with van der Waals surface area (Å²) in [6.45, 7) is 0.127. The van der Waals surface area contributed by atoms with Gasteiger partial charge in [0.15, 0.2) is 0 Å². The normalized spacial score (nSPS) is 10.6. The Balaban J connectivity index is 1.79. The summed E-state index contributed by atoms with van der Waals surface area (Å²) in [5.74, 6) is -1.37. The van der Waals surface area contributed by atoms with E-state index in [9.17, 15) is 15.0 Å². The van der Waals surface area contributed by atoms with Gasteiger partial charge in [0, 0.05) is 11.8 Å². The van der Waals surface area contributed by atoms with E-state index in [0.717, 1.165) is 0 Å². The van der Waals surface area contributed by atoms with E-state index in [1.807, 2.05) is 0 Å². The van der Waals surface area contributed by atoms with Crippen molar-refractivity contribution in [2.75, 3.05) is 5.32 Å². The lowest BCUT2D eigenvalue weighted by Gasteiger charge is -2.07. The summed E-state index contributed by atoms with van der Waals surface area (Å²) >= 11 is 5.10. The topological polar surface area (TPSA) is 121 Å². The second-order valence-electron chi connectivity index (χ2n) is 5.06. The maximum absolute atomic E-state index is 10.9. The van der Waals surface area contributed by atoms with Crippen molar-refractivity contribution in [1.29, 1.82) is 0 Å². The number of benzene rings is 2. The van der Waals surface area contributed by atoms with Crippen LogP contribution in [0.25, 0.3) is 11.5 Å². The molecule has 9 heteroatoms. The first kappa shape index (κ1) is 16.5. The van der Waals surface area contributed by atoms with Gasteiger partial charge in [-0.2, -0.15) is 0 Å². The third kappa shape index (κ3) is 3.45. The Morgan fingerprint density at radius 1 is 1.20 bits per heavy atom. The Kier molecular flexibility index (Phi) is 4.40. The van der Waals surface area contributed by atoms with E-state index in [4.69, 9.17) is 21.7 Å². The second-order valence-corrected chi connectivity index (χ2v) is 5.41. The molecule has 0 unspecified atom stereocenters. The highest BCUT2D eigenvalue weighted by molar-refractivity contribution is 7.71. The summed E-state index contributed by atoms with van der Waals surface area (Å²) in [6.07, 6.45) is 0. The molecule has 0 bridgehead atoms. The Hall–Kier alpha value is -3.33. The van der Waals surface area contributed by atoms with Gasteiger partial charge in [0.05, 0.1) is 5.56 Å². The lowest BCUT2D eigenvalue weighted by atomic mass is 10.2. The quantitative estimate of drug-likeness (QED) is 0.513. The van der Waals surface area contributed by atoms with Crippen LogP contribution in [0.2, 0.25) is 0 Å². The molecule has 0 amide bonds. The third-order valence-electron chi connectivity index (χ3n) is 3.40. The van der Waals surface area contributed by atoms with Crippen molar-refractivity contribution in [2.24, 2.45) is 0 Å². The van der Waals surface area contributed by atoms with Gasteiger partial charge >= 0.3 is 5.97 Å². The standard InChI is InChI=1S/C16H13N3O5S/c20-12-4-2-1-3-10(12)14-18-19(16(25)24-14)8-17-9-5-6-11(15(22)23)13(21)7-9/h1-7,17,20-21H,8H2,(H,22,23). The highest BCUT2D eigenvalue weighted by Crippen LogP contribution is 2.27. The van der Waals surface area contributed by atoms with Gasteiger partial charge in [-0.1, -0.05) is 12.1 Å². The molecular formula is C16H13N3O5S. The average Bonchev–Trinajstić information content (AvgIpc) is 2.94. The molecule has 0 saturated heterocycles. The molecule has 1 aromatic heterocycles. The van der Waals surface area contributed by atoms with E-state index in [-0.39, 0.29) is 34.5 Å². The van der Waals surface area contributed by atoms with Crippen LogP contribution >= 0.6 is 12.2 Å². The van der Waals surface area contributed by atoms with E-state index < -0.39 is 5.97 Å². The van der Waals surface area contributed by atoms with Gasteiger partial charge in [0.25, 0.3) is 10.7 Å². The molecule has 0 aliphatic heterocycles. The second kappa shape index (κ2) is 6.65. The molecule has 0 atom stereocenters. The van der Waals surface area contributed by atoms with Gasteiger partial charge in [-0.25, -0.2) is 9.48 Å². The number of nitrogens with one attached hydrogen (secondary N) is 1. The SMILES string of the molecule is O=C(O)c1ccc(NCn2nc(-c3ccccc3O)oc2=S)cc1O. The van der Waals surface area contributed by atoms with Crippen molar-refractivity contribution >= 4 is 23.9 Å². The first-order valence-electron chi connectivity index (χ1n) is 7.12. The number of aromatic nitrogens is 2. The molecule has 0 spiro atoms. The average molecular weight is 359 g/mol.